The number of hydrogen-bond donors (Lipinski definition) is 8. The number of rotatable bonds is 10. The van der Waals surface area contributed by atoms with Gasteiger partial charge in [-0.3, -0.25) is 0 Å². The van der Waals surface area contributed by atoms with Gasteiger partial charge >= 0.3 is 0 Å². The molecule has 0 bridgehead atoms. The molecular weight excluding hydrogens is 1750 g/mol. The van der Waals surface area contributed by atoms with Crippen LogP contribution >= 0.6 is 67.8 Å². The van der Waals surface area contributed by atoms with Gasteiger partial charge in [0.05, 0.1) is 45.2 Å². The summed E-state index contributed by atoms with van der Waals surface area (Å²) in [6.07, 6.45) is 8.13. The van der Waals surface area contributed by atoms with Gasteiger partial charge in [0.25, 0.3) is 0 Å². The molecule has 15 heteroatoms. The minimum atomic E-state index is 0.870. The summed E-state index contributed by atoms with van der Waals surface area (Å²) in [5.74, 6) is 3.52. The summed E-state index contributed by atoms with van der Waals surface area (Å²) in [6.45, 7) is 0. The lowest BCUT2D eigenvalue weighted by atomic mass is 9.99. The first-order valence-electron chi connectivity index (χ1n) is 37.9. The van der Waals surface area contributed by atoms with E-state index in [1.54, 1.807) is 0 Å². The Hall–Kier alpha value is -13.2. The summed E-state index contributed by atoms with van der Waals surface area (Å²) in [7, 11) is 0. The van der Waals surface area contributed by atoms with Crippen molar-refractivity contribution in [3.05, 3.63) is 369 Å². The lowest BCUT2D eigenvalue weighted by Gasteiger charge is -2.07. The fourth-order valence-electron chi connectivity index (χ4n) is 15.8. The highest BCUT2D eigenvalue weighted by Crippen LogP contribution is 2.43. The van der Waals surface area contributed by atoms with Crippen molar-refractivity contribution in [3.63, 3.8) is 0 Å². The number of hydrogen-bond acceptors (Lipinski definition) is 4. The lowest BCUT2D eigenvalue weighted by Crippen LogP contribution is -1.85. The number of H-pyrrole nitrogens is 8. The number of aromatic amines is 8. The Morgan fingerprint density at radius 3 is 1.15 bits per heavy atom. The maximum atomic E-state index is 5.08. The van der Waals surface area contributed by atoms with E-state index in [0.717, 1.165) is 157 Å². The molecule has 8 heterocycles. The molecule has 115 heavy (non-hydrogen) atoms. The molecule has 0 aliphatic carbocycles. The molecule has 0 amide bonds. The van der Waals surface area contributed by atoms with Gasteiger partial charge in [-0.1, -0.05) is 267 Å². The molecule has 548 valence electrons. The van der Waals surface area contributed by atoms with Crippen molar-refractivity contribution in [2.24, 2.45) is 0 Å². The summed E-state index contributed by atoms with van der Waals surface area (Å²) >= 11 is 7.07. The van der Waals surface area contributed by atoms with Crippen LogP contribution in [0, 0.1) is 10.7 Å². The van der Waals surface area contributed by atoms with Crippen molar-refractivity contribution in [1.29, 1.82) is 0 Å². The normalized spacial score (nSPS) is 11.4. The summed E-state index contributed by atoms with van der Waals surface area (Å²) < 4.78 is 3.61. The van der Waals surface area contributed by atoms with Gasteiger partial charge in [0.2, 0.25) is 0 Å². The van der Waals surface area contributed by atoms with E-state index >= 15 is 0 Å². The fraction of sp³-hybridized carbons (Fsp3) is 0. The molecule has 0 saturated carbocycles. The Kier molecular flexibility index (Phi) is 18.9. The zero-order valence-corrected chi connectivity index (χ0v) is 68.0. The number of benzene rings is 15. The van der Waals surface area contributed by atoms with Gasteiger partial charge in [0.1, 0.15) is 23.3 Å². The number of aromatic nitrogens is 12. The van der Waals surface area contributed by atoms with Crippen LogP contribution in [0.15, 0.2) is 358 Å². The van der Waals surface area contributed by atoms with Crippen LogP contribution in [0.1, 0.15) is 0 Å². The molecule has 12 nitrogen and oxygen atoms in total. The highest BCUT2D eigenvalue weighted by atomic mass is 127. The van der Waals surface area contributed by atoms with E-state index in [2.05, 4.69) is 405 Å². The largest absolute Gasteiger partial charge is 0.360 e. The third-order valence-electron chi connectivity index (χ3n) is 21.3. The van der Waals surface area contributed by atoms with Crippen LogP contribution in [0.5, 0.6) is 0 Å². The molecule has 0 spiro atoms. The Morgan fingerprint density at radius 1 is 0.209 bits per heavy atom. The lowest BCUT2D eigenvalue weighted by molar-refractivity contribution is 1.31. The second kappa shape index (κ2) is 30.7. The van der Waals surface area contributed by atoms with Gasteiger partial charge in [-0.15, -0.1) is 0 Å². The van der Waals surface area contributed by atoms with Crippen LogP contribution in [0.25, 0.3) is 211 Å². The SMILES string of the molecule is Ic1ccc2c3ccccc3c3[nH]c(-c4c[nH]c5ccccc45)nc3c2c1.Ic1cccc(-c2nc(-c3c[nH]c4ccccc34)[nH]c2-c2cccc(I)c2)c1.c1ccc(-c2[nH]c(-c3c[nH]c4ccccc34)nc2-c2ccc3ccccc3c2)cc1.c1ccc(-c2nc(-c3c[nH]c4ccccc34)[nH]c2-c2cccc3ccccc23)cc1. The molecular formula is C100H67I3N12. The Bertz CT molecular complexity index is 7480. The van der Waals surface area contributed by atoms with Gasteiger partial charge in [-0.25, -0.2) is 19.9 Å². The second-order valence-electron chi connectivity index (χ2n) is 28.3. The molecule has 23 aromatic rings. The van der Waals surface area contributed by atoms with Crippen LogP contribution in [0.3, 0.4) is 0 Å². The van der Waals surface area contributed by atoms with Crippen molar-refractivity contribution in [2.45, 2.75) is 0 Å². The molecule has 0 aliphatic rings. The summed E-state index contributed by atoms with van der Waals surface area (Å²) in [5.41, 5.74) is 23.7. The van der Waals surface area contributed by atoms with Crippen LogP contribution in [-0.2, 0) is 0 Å². The maximum absolute atomic E-state index is 5.08. The van der Waals surface area contributed by atoms with Crippen LogP contribution in [0.4, 0.5) is 0 Å². The highest BCUT2D eigenvalue weighted by Gasteiger charge is 2.23. The number of nitrogens with zero attached hydrogens (tertiary/aromatic N) is 4. The maximum Gasteiger partial charge on any atom is 0.140 e. The number of imidazole rings is 4. The van der Waals surface area contributed by atoms with Gasteiger partial charge in [-0.2, -0.15) is 0 Å². The van der Waals surface area contributed by atoms with Crippen molar-refractivity contribution < 1.29 is 0 Å². The summed E-state index contributed by atoms with van der Waals surface area (Å²) in [6, 6.07) is 116. The molecule has 0 unspecified atom stereocenters. The second-order valence-corrected chi connectivity index (χ2v) is 32.0. The molecule has 8 N–H and O–H groups in total. The first-order chi connectivity index (χ1) is 56.7. The summed E-state index contributed by atoms with van der Waals surface area (Å²) in [4.78, 5) is 48.1. The van der Waals surface area contributed by atoms with Crippen LogP contribution in [0.2, 0.25) is 0 Å². The van der Waals surface area contributed by atoms with E-state index < -0.39 is 0 Å². The predicted octanol–water partition coefficient (Wildman–Crippen LogP) is 27.8. The first kappa shape index (κ1) is 70.9. The molecule has 0 fully saturated rings. The molecule has 0 atom stereocenters. The topological polar surface area (TPSA) is 178 Å². The van der Waals surface area contributed by atoms with E-state index in [1.165, 1.54) is 64.6 Å². The Morgan fingerprint density at radius 2 is 0.591 bits per heavy atom. The quantitative estimate of drug-likeness (QED) is 0.0502. The van der Waals surface area contributed by atoms with E-state index in [4.69, 9.17) is 19.9 Å². The van der Waals surface area contributed by atoms with Gasteiger partial charge in [-0.05, 0) is 167 Å². The minimum Gasteiger partial charge on any atom is -0.360 e. The number of nitrogens with one attached hydrogen (secondary N) is 8. The van der Waals surface area contributed by atoms with E-state index in [1.807, 2.05) is 61.2 Å². The van der Waals surface area contributed by atoms with Gasteiger partial charge < -0.3 is 39.9 Å². The molecule has 23 rings (SSSR count). The molecule has 8 aromatic heterocycles. The van der Waals surface area contributed by atoms with E-state index in [0.29, 0.717) is 0 Å². The first-order valence-corrected chi connectivity index (χ1v) is 41.1. The third-order valence-corrected chi connectivity index (χ3v) is 23.3. The van der Waals surface area contributed by atoms with Crippen LogP contribution < -0.4 is 0 Å². The smallest absolute Gasteiger partial charge is 0.140 e. The standard InChI is InChI=1S/2C27H19N3.C23H15I2N3.C23H14IN3/c1-2-10-19(11-3-1)25-26(22-15-8-12-18-9-4-5-13-20(18)22)30-27(29-25)23-17-28-24-16-7-6-14-21(23)24;1-2-9-19(10-3-1)25-26(21-15-14-18-8-4-5-11-20(18)16-21)30-27(29-25)23-17-28-24-13-7-6-12-22(23)24;24-16-7-3-5-14(11-16)21-22(15-6-4-8-17(25)12-15)28-23(27-21)19-13-26-20-10-2-1-9-18(19)20;24-13-9-10-15-14-5-1-2-7-17(14)21-22(18(15)11-13)27-23(26-21)19-12-25-20-8-4-3-6-16(19)20/h2*1-17,28H,(H,29,30);1-13,26H,(H,27,28);1-12,25H,(H,26,27). The van der Waals surface area contributed by atoms with E-state index in [9.17, 15) is 0 Å². The van der Waals surface area contributed by atoms with Crippen molar-refractivity contribution >= 4 is 166 Å². The van der Waals surface area contributed by atoms with Gasteiger partial charge in [0.15, 0.2) is 0 Å². The summed E-state index contributed by atoms with van der Waals surface area (Å²) in [5, 5.41) is 14.5. The monoisotopic (exact) mass is 1820 g/mol. The molecule has 0 aliphatic heterocycles. The fourth-order valence-corrected chi connectivity index (χ4v) is 17.4. The van der Waals surface area contributed by atoms with Crippen molar-refractivity contribution in [3.8, 4) is 113 Å². The predicted molar refractivity (Wildman–Crippen MR) is 502 cm³/mol. The zero-order chi connectivity index (χ0) is 76.9. The van der Waals surface area contributed by atoms with Crippen molar-refractivity contribution in [1.82, 2.24) is 59.8 Å². The molecule has 0 saturated heterocycles. The minimum absolute atomic E-state index is 0.870. The van der Waals surface area contributed by atoms with E-state index in [-0.39, 0.29) is 0 Å². The van der Waals surface area contributed by atoms with Crippen LogP contribution in [-0.4, -0.2) is 59.8 Å². The average Bonchev–Trinajstić information content (AvgIpc) is 1.75. The molecule has 0 radical (unpaired) electrons. The van der Waals surface area contributed by atoms with Crippen molar-refractivity contribution in [2.75, 3.05) is 0 Å². The average molecular weight is 1820 g/mol. The number of halogens is 3. The zero-order valence-electron chi connectivity index (χ0n) is 61.5. The Labute approximate surface area is 701 Å². The third kappa shape index (κ3) is 13.7. The Balaban J connectivity index is 0.0000000992. The number of fused-ring (bicyclic) bond motifs is 12. The highest BCUT2D eigenvalue weighted by molar-refractivity contribution is 14.1. The molecule has 15 aromatic carbocycles. The number of para-hydroxylation sites is 4. The van der Waals surface area contributed by atoms with Gasteiger partial charge in [0, 0.05) is 146 Å².